The van der Waals surface area contributed by atoms with Gasteiger partial charge < -0.3 is 10.1 Å². The van der Waals surface area contributed by atoms with Crippen molar-refractivity contribution in [1.82, 2.24) is 10.2 Å². The Hall–Kier alpha value is -1.12. The molecule has 1 N–H and O–H groups in total. The zero-order chi connectivity index (χ0) is 15.7. The number of rotatable bonds is 3. The molecule has 1 heterocycles. The number of amides is 1. The molecule has 0 saturated carbocycles. The van der Waals surface area contributed by atoms with Gasteiger partial charge >= 0.3 is 12.3 Å². The van der Waals surface area contributed by atoms with Crippen molar-refractivity contribution in [1.29, 1.82) is 0 Å². The summed E-state index contributed by atoms with van der Waals surface area (Å²) in [4.78, 5) is 12.6. The number of hydrogen-bond acceptors (Lipinski definition) is 3. The summed E-state index contributed by atoms with van der Waals surface area (Å²) in [5, 5.41) is 1.49. The first-order chi connectivity index (χ1) is 8.93. The van der Waals surface area contributed by atoms with Crippen LogP contribution in [0.1, 0.15) is 20.8 Å². The Morgan fingerprint density at radius 3 is 2.30 bits per heavy atom. The van der Waals surface area contributed by atoms with Crippen molar-refractivity contribution in [2.75, 3.05) is 13.1 Å². The number of likely N-dealkylation sites (tertiary alicyclic amines) is 1. The van der Waals surface area contributed by atoms with Gasteiger partial charge in [0.1, 0.15) is 6.04 Å². The molecule has 1 fully saturated rings. The number of nitrogens with zero attached hydrogens (tertiary/aromatic N) is 1. The molecule has 0 bridgehead atoms. The van der Waals surface area contributed by atoms with E-state index in [4.69, 9.17) is 0 Å². The Morgan fingerprint density at radius 1 is 1.35 bits per heavy atom. The Bertz CT molecular complexity index is 359. The summed E-state index contributed by atoms with van der Waals surface area (Å²) in [6.45, 7) is 3.30. The van der Waals surface area contributed by atoms with Crippen LogP contribution in [-0.4, -0.2) is 54.4 Å². The highest BCUT2D eigenvalue weighted by molar-refractivity contribution is 5.68. The molecule has 1 aliphatic heterocycles. The second-order valence-corrected chi connectivity index (χ2v) is 5.09. The third kappa shape index (κ3) is 4.19. The van der Waals surface area contributed by atoms with Crippen molar-refractivity contribution in [2.24, 2.45) is 0 Å². The minimum Gasteiger partial charge on any atom is -0.438 e. The van der Waals surface area contributed by atoms with Crippen LogP contribution in [0.3, 0.4) is 0 Å². The molecular formula is C11H17F5N2O2. The number of hydrogen-bond donors (Lipinski definition) is 1. The minimum absolute atomic E-state index is 0.174. The molecule has 0 aliphatic carbocycles. The summed E-state index contributed by atoms with van der Waals surface area (Å²) >= 11 is 0. The Kier molecular flexibility index (Phi) is 4.83. The van der Waals surface area contributed by atoms with Gasteiger partial charge in [-0.2, -0.15) is 13.2 Å². The summed E-state index contributed by atoms with van der Waals surface area (Å²) < 4.78 is 68.2. The van der Waals surface area contributed by atoms with Gasteiger partial charge in [-0.25, -0.2) is 13.6 Å². The van der Waals surface area contributed by atoms with Crippen molar-refractivity contribution in [3.63, 3.8) is 0 Å². The summed E-state index contributed by atoms with van der Waals surface area (Å²) in [5.41, 5.74) is 0. The molecular weight excluding hydrogens is 287 g/mol. The number of carbonyl (C=O) groups excluding carboxylic acids is 1. The van der Waals surface area contributed by atoms with Gasteiger partial charge in [0, 0.05) is 12.6 Å². The SMILES string of the molecule is CC(C)N1C[C@H](OC(=O)N[C@H](C)C(F)(F)F)C(F)(F)C1. The summed E-state index contributed by atoms with van der Waals surface area (Å²) in [5.74, 6) is -3.27. The molecule has 0 spiro atoms. The molecule has 0 aromatic heterocycles. The van der Waals surface area contributed by atoms with Crippen LogP contribution < -0.4 is 5.32 Å². The van der Waals surface area contributed by atoms with Crippen LogP contribution in [0.25, 0.3) is 0 Å². The van der Waals surface area contributed by atoms with E-state index in [1.807, 2.05) is 0 Å². The molecule has 9 heteroatoms. The van der Waals surface area contributed by atoms with Crippen LogP contribution in [-0.2, 0) is 4.74 Å². The molecule has 0 radical (unpaired) electrons. The fraction of sp³-hybridized carbons (Fsp3) is 0.909. The number of alkyl halides is 5. The van der Waals surface area contributed by atoms with Crippen LogP contribution in [0, 0.1) is 0 Å². The maximum Gasteiger partial charge on any atom is 0.408 e. The van der Waals surface area contributed by atoms with Crippen LogP contribution in [0.15, 0.2) is 0 Å². The molecule has 118 valence electrons. The fourth-order valence-electron chi connectivity index (χ4n) is 1.72. The van der Waals surface area contributed by atoms with Gasteiger partial charge in [0.25, 0.3) is 5.92 Å². The molecule has 0 unspecified atom stereocenters. The molecule has 2 atom stereocenters. The third-order valence-electron chi connectivity index (χ3n) is 3.09. The average molecular weight is 304 g/mol. The standard InChI is InChI=1S/C11H17F5N2O2/c1-6(2)18-4-8(10(12,13)5-18)20-9(19)17-7(3)11(14,15)16/h6-8H,4-5H2,1-3H3,(H,17,19)/t7-,8+/m1/s1. The Morgan fingerprint density at radius 2 is 1.90 bits per heavy atom. The van der Waals surface area contributed by atoms with Crippen molar-refractivity contribution in [2.45, 2.75) is 51.1 Å². The van der Waals surface area contributed by atoms with Gasteiger partial charge in [-0.1, -0.05) is 0 Å². The normalized spacial score (nSPS) is 24.8. The van der Waals surface area contributed by atoms with E-state index in [1.165, 1.54) is 10.2 Å². The Balaban J connectivity index is 2.58. The van der Waals surface area contributed by atoms with E-state index >= 15 is 0 Å². The van der Waals surface area contributed by atoms with Gasteiger partial charge in [0.2, 0.25) is 0 Å². The quantitative estimate of drug-likeness (QED) is 0.814. The zero-order valence-electron chi connectivity index (χ0n) is 11.3. The highest BCUT2D eigenvalue weighted by atomic mass is 19.4. The zero-order valence-corrected chi connectivity index (χ0v) is 11.3. The average Bonchev–Trinajstić information content (AvgIpc) is 2.53. The van der Waals surface area contributed by atoms with Gasteiger partial charge in [-0.3, -0.25) is 4.90 Å². The van der Waals surface area contributed by atoms with E-state index in [2.05, 4.69) is 4.74 Å². The smallest absolute Gasteiger partial charge is 0.408 e. The van der Waals surface area contributed by atoms with Gasteiger partial charge in [-0.05, 0) is 20.8 Å². The maximum atomic E-state index is 13.6. The molecule has 0 aromatic carbocycles. The first kappa shape index (κ1) is 16.9. The monoisotopic (exact) mass is 304 g/mol. The van der Waals surface area contributed by atoms with Gasteiger partial charge in [-0.15, -0.1) is 0 Å². The van der Waals surface area contributed by atoms with Crippen LogP contribution in [0.2, 0.25) is 0 Å². The van der Waals surface area contributed by atoms with Crippen LogP contribution >= 0.6 is 0 Å². The van der Waals surface area contributed by atoms with E-state index in [-0.39, 0.29) is 12.6 Å². The molecule has 4 nitrogen and oxygen atoms in total. The largest absolute Gasteiger partial charge is 0.438 e. The van der Waals surface area contributed by atoms with Crippen molar-refractivity contribution in [3.8, 4) is 0 Å². The van der Waals surface area contributed by atoms with Gasteiger partial charge in [0.15, 0.2) is 6.10 Å². The second kappa shape index (κ2) is 5.71. The van der Waals surface area contributed by atoms with Gasteiger partial charge in [0.05, 0.1) is 6.54 Å². The van der Waals surface area contributed by atoms with Crippen LogP contribution in [0.4, 0.5) is 26.7 Å². The molecule has 1 saturated heterocycles. The lowest BCUT2D eigenvalue weighted by Crippen LogP contribution is -2.46. The second-order valence-electron chi connectivity index (χ2n) is 5.09. The van der Waals surface area contributed by atoms with E-state index in [9.17, 15) is 26.7 Å². The highest BCUT2D eigenvalue weighted by Crippen LogP contribution is 2.31. The number of alkyl carbamates (subject to hydrolysis) is 1. The summed E-state index contributed by atoms with van der Waals surface area (Å²) in [6, 6.07) is -2.34. The molecule has 0 aromatic rings. The van der Waals surface area contributed by atoms with Crippen LogP contribution in [0.5, 0.6) is 0 Å². The maximum absolute atomic E-state index is 13.6. The van der Waals surface area contributed by atoms with Crippen molar-refractivity contribution < 1.29 is 31.5 Å². The van der Waals surface area contributed by atoms with E-state index in [1.54, 1.807) is 13.8 Å². The van der Waals surface area contributed by atoms with Crippen molar-refractivity contribution >= 4 is 6.09 Å². The minimum atomic E-state index is -4.65. The number of carbonyl (C=O) groups is 1. The number of halogens is 5. The molecule has 1 rings (SSSR count). The van der Waals surface area contributed by atoms with E-state index in [0.717, 1.165) is 0 Å². The number of nitrogens with one attached hydrogen (secondary N) is 1. The summed E-state index contributed by atoms with van der Waals surface area (Å²) in [6.07, 6.45) is -7.89. The fourth-order valence-corrected chi connectivity index (χ4v) is 1.72. The lowest BCUT2D eigenvalue weighted by molar-refractivity contribution is -0.151. The number of ether oxygens (including phenoxy) is 1. The molecule has 1 amide bonds. The van der Waals surface area contributed by atoms with Crippen molar-refractivity contribution in [3.05, 3.63) is 0 Å². The third-order valence-corrected chi connectivity index (χ3v) is 3.09. The topological polar surface area (TPSA) is 41.6 Å². The Labute approximate surface area is 113 Å². The predicted molar refractivity (Wildman–Crippen MR) is 60.6 cm³/mol. The first-order valence-corrected chi connectivity index (χ1v) is 6.09. The van der Waals surface area contributed by atoms with E-state index < -0.39 is 36.9 Å². The molecule has 1 aliphatic rings. The first-order valence-electron chi connectivity index (χ1n) is 6.09. The lowest BCUT2D eigenvalue weighted by Gasteiger charge is -2.21. The molecule has 20 heavy (non-hydrogen) atoms. The highest BCUT2D eigenvalue weighted by Gasteiger charge is 2.51. The lowest BCUT2D eigenvalue weighted by atomic mass is 10.2. The summed E-state index contributed by atoms with van der Waals surface area (Å²) in [7, 11) is 0. The van der Waals surface area contributed by atoms with E-state index in [0.29, 0.717) is 6.92 Å². The predicted octanol–water partition coefficient (Wildman–Crippen LogP) is 2.39.